The summed E-state index contributed by atoms with van der Waals surface area (Å²) in [6, 6.07) is 6.18. The van der Waals surface area contributed by atoms with E-state index in [9.17, 15) is 13.2 Å². The predicted molar refractivity (Wildman–Crippen MR) is 76.0 cm³/mol. The van der Waals surface area contributed by atoms with E-state index in [0.29, 0.717) is 16.6 Å². The number of pyridine rings is 1. The Balaban J connectivity index is 2.26. The van der Waals surface area contributed by atoms with E-state index in [1.54, 1.807) is 18.2 Å². The van der Waals surface area contributed by atoms with Crippen molar-refractivity contribution in [2.24, 2.45) is 0 Å². The van der Waals surface area contributed by atoms with Crippen LogP contribution in [0.1, 0.15) is 5.69 Å². The molecule has 0 aliphatic rings. The first-order valence-electron chi connectivity index (χ1n) is 5.83. The molecular formula is C13H8BrF3N4. The number of nitrogens with two attached hydrogens (primary N) is 1. The molecule has 0 aliphatic carbocycles. The van der Waals surface area contributed by atoms with Gasteiger partial charge in [0.15, 0.2) is 5.69 Å². The maximum Gasteiger partial charge on any atom is 0.435 e. The molecule has 0 saturated heterocycles. The lowest BCUT2D eigenvalue weighted by atomic mass is 10.1. The van der Waals surface area contributed by atoms with Crippen LogP contribution in [0.25, 0.3) is 16.6 Å². The van der Waals surface area contributed by atoms with Gasteiger partial charge in [-0.1, -0.05) is 15.9 Å². The Bertz CT molecular complexity index is 821. The molecule has 21 heavy (non-hydrogen) atoms. The van der Waals surface area contributed by atoms with Gasteiger partial charge in [-0.3, -0.25) is 4.98 Å². The molecule has 2 aromatic heterocycles. The van der Waals surface area contributed by atoms with Crippen molar-refractivity contribution in [2.75, 3.05) is 5.73 Å². The Morgan fingerprint density at radius 1 is 1.19 bits per heavy atom. The van der Waals surface area contributed by atoms with E-state index in [2.05, 4.69) is 26.0 Å². The normalized spacial score (nSPS) is 12.0. The van der Waals surface area contributed by atoms with Gasteiger partial charge in [-0.2, -0.15) is 18.3 Å². The van der Waals surface area contributed by atoms with Crippen LogP contribution in [0.15, 0.2) is 41.1 Å². The Hall–Kier alpha value is -2.09. The molecule has 3 rings (SSSR count). The molecule has 0 amide bonds. The Morgan fingerprint density at radius 3 is 2.62 bits per heavy atom. The van der Waals surface area contributed by atoms with Gasteiger partial charge in [-0.15, -0.1) is 0 Å². The third-order valence-corrected chi connectivity index (χ3v) is 3.43. The highest BCUT2D eigenvalue weighted by Crippen LogP contribution is 2.31. The summed E-state index contributed by atoms with van der Waals surface area (Å²) in [5.41, 5.74) is 6.13. The van der Waals surface area contributed by atoms with E-state index in [-0.39, 0.29) is 5.69 Å². The Morgan fingerprint density at radius 2 is 1.95 bits per heavy atom. The number of aromatic nitrogens is 3. The highest BCUT2D eigenvalue weighted by atomic mass is 79.9. The van der Waals surface area contributed by atoms with E-state index in [1.807, 2.05) is 0 Å². The number of nitrogens with zero attached hydrogens (tertiary/aromatic N) is 3. The number of nitrogen functional groups attached to an aromatic ring is 1. The first kappa shape index (κ1) is 13.9. The molecule has 0 spiro atoms. The van der Waals surface area contributed by atoms with Crippen LogP contribution in [0.5, 0.6) is 0 Å². The maximum atomic E-state index is 12.7. The first-order valence-corrected chi connectivity index (χ1v) is 6.62. The van der Waals surface area contributed by atoms with Gasteiger partial charge in [0.2, 0.25) is 0 Å². The lowest BCUT2D eigenvalue weighted by molar-refractivity contribution is -0.141. The largest absolute Gasteiger partial charge is 0.435 e. The number of anilines is 1. The number of alkyl halides is 3. The molecule has 3 aromatic rings. The van der Waals surface area contributed by atoms with Gasteiger partial charge in [0, 0.05) is 16.1 Å². The summed E-state index contributed by atoms with van der Waals surface area (Å²) in [6.07, 6.45) is -1.86. The second-order valence-electron chi connectivity index (χ2n) is 4.37. The summed E-state index contributed by atoms with van der Waals surface area (Å²) in [7, 11) is 0. The standard InChI is InChI=1S/C13H8BrF3N4/c14-7-1-2-10-8(5-7)12(9(18)6-19-10)21-4-3-11(20-21)13(15,16)17/h1-6H,18H2. The van der Waals surface area contributed by atoms with Crippen molar-refractivity contribution in [1.82, 2.24) is 14.8 Å². The van der Waals surface area contributed by atoms with Gasteiger partial charge in [0.05, 0.1) is 23.1 Å². The van der Waals surface area contributed by atoms with Crippen LogP contribution in [0.3, 0.4) is 0 Å². The van der Waals surface area contributed by atoms with E-state index in [4.69, 9.17) is 5.73 Å². The maximum absolute atomic E-state index is 12.7. The highest BCUT2D eigenvalue weighted by Gasteiger charge is 2.33. The van der Waals surface area contributed by atoms with Gasteiger partial charge in [0.1, 0.15) is 0 Å². The summed E-state index contributed by atoms with van der Waals surface area (Å²) in [6.45, 7) is 0. The van der Waals surface area contributed by atoms with Crippen molar-refractivity contribution < 1.29 is 13.2 Å². The molecule has 0 unspecified atom stereocenters. The van der Waals surface area contributed by atoms with Gasteiger partial charge in [0.25, 0.3) is 0 Å². The van der Waals surface area contributed by atoms with Gasteiger partial charge in [-0.05, 0) is 24.3 Å². The van der Waals surface area contributed by atoms with E-state index < -0.39 is 11.9 Å². The molecule has 0 atom stereocenters. The summed E-state index contributed by atoms with van der Waals surface area (Å²) in [4.78, 5) is 4.15. The summed E-state index contributed by atoms with van der Waals surface area (Å²) < 4.78 is 39.9. The topological polar surface area (TPSA) is 56.7 Å². The molecule has 108 valence electrons. The third kappa shape index (κ3) is 2.46. The van der Waals surface area contributed by atoms with Crippen molar-refractivity contribution in [1.29, 1.82) is 0 Å². The molecule has 0 saturated carbocycles. The monoisotopic (exact) mass is 356 g/mol. The molecule has 0 radical (unpaired) electrons. The minimum Gasteiger partial charge on any atom is -0.396 e. The SMILES string of the molecule is Nc1cnc2ccc(Br)cc2c1-n1ccc(C(F)(F)F)n1. The zero-order valence-corrected chi connectivity index (χ0v) is 12.0. The lowest BCUT2D eigenvalue weighted by Crippen LogP contribution is -2.08. The van der Waals surface area contributed by atoms with Crippen molar-refractivity contribution in [2.45, 2.75) is 6.18 Å². The van der Waals surface area contributed by atoms with Crippen LogP contribution in [0.4, 0.5) is 18.9 Å². The Kier molecular flexibility index (Phi) is 3.12. The smallest absolute Gasteiger partial charge is 0.396 e. The molecular weight excluding hydrogens is 349 g/mol. The molecule has 2 heterocycles. The molecule has 8 heteroatoms. The second-order valence-corrected chi connectivity index (χ2v) is 5.28. The fourth-order valence-electron chi connectivity index (χ4n) is 2.02. The quantitative estimate of drug-likeness (QED) is 0.721. The zero-order chi connectivity index (χ0) is 15.2. The number of halogens is 4. The van der Waals surface area contributed by atoms with Crippen LogP contribution in [-0.2, 0) is 6.18 Å². The second kappa shape index (κ2) is 4.73. The third-order valence-electron chi connectivity index (χ3n) is 2.94. The summed E-state index contributed by atoms with van der Waals surface area (Å²) in [5, 5.41) is 4.17. The number of rotatable bonds is 1. The van der Waals surface area contributed by atoms with Gasteiger partial charge in [-0.25, -0.2) is 4.68 Å². The lowest BCUT2D eigenvalue weighted by Gasteiger charge is -2.10. The summed E-state index contributed by atoms with van der Waals surface area (Å²) in [5.74, 6) is 0. The molecule has 2 N–H and O–H groups in total. The van der Waals surface area contributed by atoms with Crippen LogP contribution in [0, 0.1) is 0 Å². The van der Waals surface area contributed by atoms with Crippen LogP contribution < -0.4 is 5.73 Å². The molecule has 4 nitrogen and oxygen atoms in total. The molecule has 0 aliphatic heterocycles. The van der Waals surface area contributed by atoms with Crippen molar-refractivity contribution >= 4 is 32.5 Å². The van der Waals surface area contributed by atoms with Crippen molar-refractivity contribution in [3.63, 3.8) is 0 Å². The van der Waals surface area contributed by atoms with Gasteiger partial charge >= 0.3 is 6.18 Å². The molecule has 0 fully saturated rings. The van der Waals surface area contributed by atoms with Crippen LogP contribution >= 0.6 is 15.9 Å². The summed E-state index contributed by atoms with van der Waals surface area (Å²) >= 11 is 3.32. The molecule has 0 bridgehead atoms. The highest BCUT2D eigenvalue weighted by molar-refractivity contribution is 9.10. The Labute approximate surface area is 125 Å². The van der Waals surface area contributed by atoms with Crippen molar-refractivity contribution in [3.8, 4) is 5.69 Å². The van der Waals surface area contributed by atoms with Gasteiger partial charge < -0.3 is 5.73 Å². The van der Waals surface area contributed by atoms with Crippen LogP contribution in [-0.4, -0.2) is 14.8 Å². The van der Waals surface area contributed by atoms with E-state index in [0.717, 1.165) is 15.2 Å². The average molecular weight is 357 g/mol. The first-order chi connectivity index (χ1) is 9.86. The predicted octanol–water partition coefficient (Wildman–Crippen LogP) is 3.78. The number of hydrogen-bond acceptors (Lipinski definition) is 3. The minimum atomic E-state index is -4.50. The van der Waals surface area contributed by atoms with Crippen LogP contribution in [0.2, 0.25) is 0 Å². The minimum absolute atomic E-state index is 0.248. The number of hydrogen-bond donors (Lipinski definition) is 1. The number of benzene rings is 1. The van der Waals surface area contributed by atoms with E-state index in [1.165, 1.54) is 12.4 Å². The fourth-order valence-corrected chi connectivity index (χ4v) is 2.38. The number of fused-ring (bicyclic) bond motifs is 1. The fraction of sp³-hybridized carbons (Fsp3) is 0.0769. The zero-order valence-electron chi connectivity index (χ0n) is 10.4. The van der Waals surface area contributed by atoms with E-state index >= 15 is 0 Å². The molecule has 1 aromatic carbocycles. The van der Waals surface area contributed by atoms with Crippen molar-refractivity contribution in [3.05, 3.63) is 46.8 Å². The average Bonchev–Trinajstić information content (AvgIpc) is 2.87.